The number of hydrogen-bond acceptors (Lipinski definition) is 3. The molecular weight excluding hydrogens is 314 g/mol. The lowest BCUT2D eigenvalue weighted by Gasteiger charge is -2.32. The third-order valence-electron chi connectivity index (χ3n) is 5.25. The molecule has 1 aromatic heterocycles. The maximum atomic E-state index is 12.6. The summed E-state index contributed by atoms with van der Waals surface area (Å²) in [6.07, 6.45) is 5.25. The van der Waals surface area contributed by atoms with Gasteiger partial charge in [-0.05, 0) is 63.3 Å². The van der Waals surface area contributed by atoms with E-state index in [9.17, 15) is 4.79 Å². The minimum Gasteiger partial charge on any atom is -0.497 e. The van der Waals surface area contributed by atoms with Gasteiger partial charge in [0.05, 0.1) is 7.11 Å². The Morgan fingerprint density at radius 1 is 1.20 bits per heavy atom. The maximum Gasteiger partial charge on any atom is 0.253 e. The standard InChI is InChI=1S/C20H27N3O2/c1-15-14-21-16(2)23(15)13-10-17-8-11-22(12-9-17)20(24)18-4-6-19(25-3)7-5-18/h4-7,14,17H,8-13H2,1-3H3. The molecule has 5 nitrogen and oxygen atoms in total. The molecule has 3 rings (SSSR count). The number of rotatable bonds is 5. The van der Waals surface area contributed by atoms with Crippen molar-refractivity contribution in [3.63, 3.8) is 0 Å². The summed E-state index contributed by atoms with van der Waals surface area (Å²) in [7, 11) is 1.63. The average Bonchev–Trinajstić information content (AvgIpc) is 2.98. The predicted molar refractivity (Wildman–Crippen MR) is 97.9 cm³/mol. The lowest BCUT2D eigenvalue weighted by molar-refractivity contribution is 0.0685. The van der Waals surface area contributed by atoms with Crippen molar-refractivity contribution in [1.29, 1.82) is 0 Å². The zero-order chi connectivity index (χ0) is 17.8. The molecule has 1 fully saturated rings. The number of piperidine rings is 1. The van der Waals surface area contributed by atoms with Crippen molar-refractivity contribution in [2.75, 3.05) is 20.2 Å². The molecule has 2 aromatic rings. The summed E-state index contributed by atoms with van der Waals surface area (Å²) in [5, 5.41) is 0. The molecule has 1 saturated heterocycles. The zero-order valence-electron chi connectivity index (χ0n) is 15.4. The number of aryl methyl sites for hydroxylation is 2. The van der Waals surface area contributed by atoms with Crippen molar-refractivity contribution in [2.45, 2.75) is 39.7 Å². The molecule has 0 aliphatic carbocycles. The number of hydrogen-bond donors (Lipinski definition) is 0. The molecule has 0 N–H and O–H groups in total. The maximum absolute atomic E-state index is 12.6. The fourth-order valence-electron chi connectivity index (χ4n) is 3.57. The van der Waals surface area contributed by atoms with Crippen LogP contribution in [0.2, 0.25) is 0 Å². The van der Waals surface area contributed by atoms with E-state index in [1.54, 1.807) is 7.11 Å². The Bertz CT molecular complexity index is 694. The van der Waals surface area contributed by atoms with E-state index in [4.69, 9.17) is 4.74 Å². The molecule has 2 heterocycles. The summed E-state index contributed by atoms with van der Waals surface area (Å²) in [6, 6.07) is 7.38. The Labute approximate surface area is 149 Å². The number of benzene rings is 1. The summed E-state index contributed by atoms with van der Waals surface area (Å²) in [6.45, 7) is 6.88. The lowest BCUT2D eigenvalue weighted by Crippen LogP contribution is -2.38. The molecule has 0 radical (unpaired) electrons. The van der Waals surface area contributed by atoms with Gasteiger partial charge in [0.25, 0.3) is 5.91 Å². The highest BCUT2D eigenvalue weighted by Gasteiger charge is 2.23. The van der Waals surface area contributed by atoms with Crippen LogP contribution in [0.4, 0.5) is 0 Å². The van der Waals surface area contributed by atoms with Crippen molar-refractivity contribution in [3.8, 4) is 5.75 Å². The smallest absolute Gasteiger partial charge is 0.253 e. The number of likely N-dealkylation sites (tertiary alicyclic amines) is 1. The molecule has 1 aliphatic heterocycles. The Kier molecular flexibility index (Phi) is 5.41. The average molecular weight is 341 g/mol. The van der Waals surface area contributed by atoms with E-state index in [-0.39, 0.29) is 5.91 Å². The molecule has 25 heavy (non-hydrogen) atoms. The van der Waals surface area contributed by atoms with Crippen LogP contribution >= 0.6 is 0 Å². The lowest BCUT2D eigenvalue weighted by atomic mass is 9.93. The van der Waals surface area contributed by atoms with E-state index < -0.39 is 0 Å². The third-order valence-corrected chi connectivity index (χ3v) is 5.25. The van der Waals surface area contributed by atoms with Crippen molar-refractivity contribution in [2.24, 2.45) is 5.92 Å². The van der Waals surface area contributed by atoms with Crippen LogP contribution in [0.3, 0.4) is 0 Å². The van der Waals surface area contributed by atoms with Gasteiger partial charge in [0.1, 0.15) is 11.6 Å². The van der Waals surface area contributed by atoms with Gasteiger partial charge in [0.2, 0.25) is 0 Å². The topological polar surface area (TPSA) is 47.4 Å². The Hall–Kier alpha value is -2.30. The number of methoxy groups -OCH3 is 1. The van der Waals surface area contributed by atoms with Crippen LogP contribution in [0.25, 0.3) is 0 Å². The van der Waals surface area contributed by atoms with E-state index >= 15 is 0 Å². The Balaban J connectivity index is 1.50. The summed E-state index contributed by atoms with van der Waals surface area (Å²) in [5.74, 6) is 2.67. The number of aromatic nitrogens is 2. The number of nitrogens with zero attached hydrogens (tertiary/aromatic N) is 3. The van der Waals surface area contributed by atoms with Crippen LogP contribution in [0, 0.1) is 19.8 Å². The van der Waals surface area contributed by atoms with Crippen molar-refractivity contribution in [1.82, 2.24) is 14.5 Å². The molecule has 1 amide bonds. The first-order chi connectivity index (χ1) is 12.1. The van der Waals surface area contributed by atoms with Gasteiger partial charge >= 0.3 is 0 Å². The van der Waals surface area contributed by atoms with E-state index in [0.717, 1.165) is 56.0 Å². The van der Waals surface area contributed by atoms with E-state index in [0.29, 0.717) is 5.92 Å². The van der Waals surface area contributed by atoms with Crippen molar-refractivity contribution >= 4 is 5.91 Å². The summed E-state index contributed by atoms with van der Waals surface area (Å²) >= 11 is 0. The molecule has 0 atom stereocenters. The summed E-state index contributed by atoms with van der Waals surface area (Å²) in [5.41, 5.74) is 1.97. The Morgan fingerprint density at radius 3 is 2.44 bits per heavy atom. The van der Waals surface area contributed by atoms with Crippen LogP contribution in [-0.4, -0.2) is 40.6 Å². The minimum atomic E-state index is 0.127. The Morgan fingerprint density at radius 2 is 1.88 bits per heavy atom. The molecule has 0 spiro atoms. The minimum absolute atomic E-state index is 0.127. The molecule has 1 aliphatic rings. The fourth-order valence-corrected chi connectivity index (χ4v) is 3.57. The highest BCUT2D eigenvalue weighted by molar-refractivity contribution is 5.94. The van der Waals surface area contributed by atoms with Gasteiger partial charge in [-0.15, -0.1) is 0 Å². The third kappa shape index (κ3) is 4.03. The van der Waals surface area contributed by atoms with Crippen LogP contribution < -0.4 is 4.74 Å². The molecule has 134 valence electrons. The zero-order valence-corrected chi connectivity index (χ0v) is 15.4. The molecule has 0 unspecified atom stereocenters. The van der Waals surface area contributed by atoms with Crippen LogP contribution in [0.5, 0.6) is 5.75 Å². The molecule has 0 saturated carbocycles. The van der Waals surface area contributed by atoms with Crippen molar-refractivity contribution < 1.29 is 9.53 Å². The number of carbonyl (C=O) groups is 1. The van der Waals surface area contributed by atoms with Gasteiger partial charge in [-0.1, -0.05) is 0 Å². The second-order valence-corrected chi connectivity index (χ2v) is 6.85. The normalized spacial score (nSPS) is 15.4. The first-order valence-corrected chi connectivity index (χ1v) is 9.00. The van der Waals surface area contributed by atoms with E-state index in [2.05, 4.69) is 23.4 Å². The fraction of sp³-hybridized carbons (Fsp3) is 0.500. The molecule has 1 aromatic carbocycles. The van der Waals surface area contributed by atoms with Gasteiger partial charge in [0.15, 0.2) is 0 Å². The summed E-state index contributed by atoms with van der Waals surface area (Å²) in [4.78, 5) is 19.0. The second kappa shape index (κ2) is 7.72. The van der Waals surface area contributed by atoms with Crippen LogP contribution in [-0.2, 0) is 6.54 Å². The van der Waals surface area contributed by atoms with Gasteiger partial charge in [-0.3, -0.25) is 4.79 Å². The highest BCUT2D eigenvalue weighted by Crippen LogP contribution is 2.23. The van der Waals surface area contributed by atoms with Crippen LogP contribution in [0.1, 0.15) is 41.1 Å². The molecular formula is C20H27N3O2. The van der Waals surface area contributed by atoms with Crippen LogP contribution in [0.15, 0.2) is 30.5 Å². The second-order valence-electron chi connectivity index (χ2n) is 6.85. The number of ether oxygens (including phenoxy) is 1. The molecule has 5 heteroatoms. The quantitative estimate of drug-likeness (QED) is 0.837. The van der Waals surface area contributed by atoms with Gasteiger partial charge in [-0.2, -0.15) is 0 Å². The van der Waals surface area contributed by atoms with Gasteiger partial charge in [-0.25, -0.2) is 4.98 Å². The van der Waals surface area contributed by atoms with Crippen molar-refractivity contribution in [3.05, 3.63) is 47.5 Å². The highest BCUT2D eigenvalue weighted by atomic mass is 16.5. The first kappa shape index (κ1) is 17.5. The number of carbonyl (C=O) groups excluding carboxylic acids is 1. The summed E-state index contributed by atoms with van der Waals surface area (Å²) < 4.78 is 7.44. The monoisotopic (exact) mass is 341 g/mol. The predicted octanol–water partition coefficient (Wildman–Crippen LogP) is 3.45. The van der Waals surface area contributed by atoms with Gasteiger partial charge < -0.3 is 14.2 Å². The molecule has 0 bridgehead atoms. The largest absolute Gasteiger partial charge is 0.497 e. The SMILES string of the molecule is COc1ccc(C(=O)N2CCC(CCn3c(C)cnc3C)CC2)cc1. The first-order valence-electron chi connectivity index (χ1n) is 9.00. The number of imidazole rings is 1. The van der Waals surface area contributed by atoms with E-state index in [1.165, 1.54) is 5.69 Å². The number of amides is 1. The van der Waals surface area contributed by atoms with Gasteiger partial charge in [0, 0.05) is 37.1 Å². The van der Waals surface area contributed by atoms with E-state index in [1.807, 2.05) is 35.4 Å².